The molecule has 3 nitrogen and oxygen atoms in total. The monoisotopic (exact) mass is 220 g/mol. The second kappa shape index (κ2) is 5.87. The number of para-hydroxylation sites is 1. The van der Waals surface area contributed by atoms with Crippen molar-refractivity contribution in [2.45, 2.75) is 12.5 Å². The molecule has 0 spiro atoms. The third-order valence-electron chi connectivity index (χ3n) is 2.98. The predicted molar refractivity (Wildman–Crippen MR) is 66.9 cm³/mol. The molecule has 0 aromatic heterocycles. The van der Waals surface area contributed by atoms with Crippen molar-refractivity contribution in [1.29, 1.82) is 0 Å². The quantitative estimate of drug-likeness (QED) is 0.832. The van der Waals surface area contributed by atoms with E-state index in [0.717, 1.165) is 32.7 Å². The molecule has 1 aromatic rings. The lowest BCUT2D eigenvalue weighted by atomic mass is 10.2. The zero-order valence-electron chi connectivity index (χ0n) is 9.86. The first-order valence-electron chi connectivity index (χ1n) is 5.96. The second-order valence-electron chi connectivity index (χ2n) is 4.17. The normalized spacial score (nSPS) is 21.1. The highest BCUT2D eigenvalue weighted by molar-refractivity contribution is 5.46. The largest absolute Gasteiger partial charge is 0.374 e. The number of hydrogen-bond donors (Lipinski definition) is 1. The van der Waals surface area contributed by atoms with Crippen LogP contribution in [0.2, 0.25) is 0 Å². The van der Waals surface area contributed by atoms with E-state index in [1.165, 1.54) is 5.69 Å². The Morgan fingerprint density at radius 3 is 2.94 bits per heavy atom. The van der Waals surface area contributed by atoms with Gasteiger partial charge in [-0.15, -0.1) is 0 Å². The zero-order chi connectivity index (χ0) is 11.2. The van der Waals surface area contributed by atoms with Gasteiger partial charge in [0.25, 0.3) is 0 Å². The molecule has 16 heavy (non-hydrogen) atoms. The number of nitrogens with zero attached hydrogens (tertiary/aromatic N) is 1. The third-order valence-corrected chi connectivity index (χ3v) is 2.98. The molecule has 0 aliphatic carbocycles. The molecule has 0 bridgehead atoms. The van der Waals surface area contributed by atoms with E-state index in [-0.39, 0.29) is 0 Å². The average Bonchev–Trinajstić information content (AvgIpc) is 2.38. The van der Waals surface area contributed by atoms with Crippen LogP contribution in [0.1, 0.15) is 6.42 Å². The fourth-order valence-corrected chi connectivity index (χ4v) is 2.07. The van der Waals surface area contributed by atoms with Crippen molar-refractivity contribution in [2.24, 2.45) is 0 Å². The van der Waals surface area contributed by atoms with Gasteiger partial charge < -0.3 is 15.0 Å². The second-order valence-corrected chi connectivity index (χ2v) is 4.17. The Kier molecular flexibility index (Phi) is 4.19. The van der Waals surface area contributed by atoms with E-state index in [1.54, 1.807) is 0 Å². The Morgan fingerprint density at radius 1 is 1.38 bits per heavy atom. The van der Waals surface area contributed by atoms with Gasteiger partial charge in [0.1, 0.15) is 0 Å². The molecule has 0 amide bonds. The molecule has 0 radical (unpaired) electrons. The van der Waals surface area contributed by atoms with Crippen LogP contribution in [0.15, 0.2) is 30.3 Å². The topological polar surface area (TPSA) is 24.5 Å². The van der Waals surface area contributed by atoms with Crippen LogP contribution in [-0.4, -0.2) is 39.4 Å². The maximum atomic E-state index is 5.75. The van der Waals surface area contributed by atoms with E-state index in [2.05, 4.69) is 40.5 Å². The highest BCUT2D eigenvalue weighted by Gasteiger charge is 2.19. The molecule has 0 saturated carbocycles. The van der Waals surface area contributed by atoms with Crippen molar-refractivity contribution in [3.63, 3.8) is 0 Å². The standard InChI is InChI=1S/C13H20N2O/c1-14-8-7-13-11-15(9-10-16-13)12-5-3-2-4-6-12/h2-6,13-14H,7-11H2,1H3. The van der Waals surface area contributed by atoms with Gasteiger partial charge in [-0.05, 0) is 32.1 Å². The first-order chi connectivity index (χ1) is 7.90. The lowest BCUT2D eigenvalue weighted by molar-refractivity contribution is 0.0358. The van der Waals surface area contributed by atoms with Gasteiger partial charge in [-0.25, -0.2) is 0 Å². The van der Waals surface area contributed by atoms with Crippen LogP contribution in [0.4, 0.5) is 5.69 Å². The van der Waals surface area contributed by atoms with Crippen molar-refractivity contribution in [1.82, 2.24) is 5.32 Å². The molecule has 1 heterocycles. The number of nitrogens with one attached hydrogen (secondary N) is 1. The van der Waals surface area contributed by atoms with Gasteiger partial charge in [0, 0.05) is 18.8 Å². The van der Waals surface area contributed by atoms with Crippen LogP contribution < -0.4 is 10.2 Å². The summed E-state index contributed by atoms with van der Waals surface area (Å²) in [6, 6.07) is 10.6. The molecule has 1 aliphatic heterocycles. The van der Waals surface area contributed by atoms with Crippen LogP contribution in [-0.2, 0) is 4.74 Å². The highest BCUT2D eigenvalue weighted by Crippen LogP contribution is 2.17. The van der Waals surface area contributed by atoms with Crippen molar-refractivity contribution in [2.75, 3.05) is 38.2 Å². The highest BCUT2D eigenvalue weighted by atomic mass is 16.5. The van der Waals surface area contributed by atoms with E-state index >= 15 is 0 Å². The fourth-order valence-electron chi connectivity index (χ4n) is 2.07. The first-order valence-corrected chi connectivity index (χ1v) is 5.96. The Balaban J connectivity index is 1.91. The number of hydrogen-bond acceptors (Lipinski definition) is 3. The minimum absolute atomic E-state index is 0.362. The van der Waals surface area contributed by atoms with E-state index in [9.17, 15) is 0 Å². The van der Waals surface area contributed by atoms with Crippen molar-refractivity contribution in [3.8, 4) is 0 Å². The molecule has 1 aromatic carbocycles. The number of rotatable bonds is 4. The molecule has 88 valence electrons. The molecule has 1 aliphatic rings. The summed E-state index contributed by atoms with van der Waals surface area (Å²) in [6.07, 6.45) is 1.45. The van der Waals surface area contributed by atoms with Gasteiger partial charge in [0.05, 0.1) is 12.7 Å². The summed E-state index contributed by atoms with van der Waals surface area (Å²) in [4.78, 5) is 2.41. The summed E-state index contributed by atoms with van der Waals surface area (Å²) in [5.41, 5.74) is 1.31. The zero-order valence-corrected chi connectivity index (χ0v) is 9.86. The summed E-state index contributed by atoms with van der Waals surface area (Å²) in [5.74, 6) is 0. The van der Waals surface area contributed by atoms with Gasteiger partial charge in [0.15, 0.2) is 0 Å². The Morgan fingerprint density at radius 2 is 2.19 bits per heavy atom. The fraction of sp³-hybridized carbons (Fsp3) is 0.538. The summed E-state index contributed by atoms with van der Waals surface area (Å²) >= 11 is 0. The number of morpholine rings is 1. The van der Waals surface area contributed by atoms with Crippen molar-refractivity contribution in [3.05, 3.63) is 30.3 Å². The van der Waals surface area contributed by atoms with Crippen LogP contribution in [0, 0.1) is 0 Å². The maximum Gasteiger partial charge on any atom is 0.0762 e. The molecule has 1 unspecified atom stereocenters. The van der Waals surface area contributed by atoms with Crippen LogP contribution in [0.5, 0.6) is 0 Å². The minimum Gasteiger partial charge on any atom is -0.374 e. The van der Waals surface area contributed by atoms with E-state index in [1.807, 2.05) is 7.05 Å². The number of anilines is 1. The molecule has 1 fully saturated rings. The SMILES string of the molecule is CNCCC1CN(c2ccccc2)CCO1. The molecular formula is C13H20N2O. The van der Waals surface area contributed by atoms with Crippen LogP contribution >= 0.6 is 0 Å². The molecule has 2 rings (SSSR count). The van der Waals surface area contributed by atoms with Gasteiger partial charge in [0.2, 0.25) is 0 Å². The van der Waals surface area contributed by atoms with Crippen molar-refractivity contribution >= 4 is 5.69 Å². The predicted octanol–water partition coefficient (Wildman–Crippen LogP) is 1.50. The summed E-state index contributed by atoms with van der Waals surface area (Å²) in [5, 5.41) is 3.17. The van der Waals surface area contributed by atoms with Gasteiger partial charge in [-0.2, -0.15) is 0 Å². The Labute approximate surface area is 97.4 Å². The van der Waals surface area contributed by atoms with Gasteiger partial charge >= 0.3 is 0 Å². The van der Waals surface area contributed by atoms with Crippen LogP contribution in [0.25, 0.3) is 0 Å². The minimum atomic E-state index is 0.362. The summed E-state index contributed by atoms with van der Waals surface area (Å²) < 4.78 is 5.75. The lowest BCUT2D eigenvalue weighted by Crippen LogP contribution is -2.43. The number of ether oxygens (including phenoxy) is 1. The third kappa shape index (κ3) is 2.97. The smallest absolute Gasteiger partial charge is 0.0762 e. The maximum absolute atomic E-state index is 5.75. The average molecular weight is 220 g/mol. The van der Waals surface area contributed by atoms with Crippen LogP contribution in [0.3, 0.4) is 0 Å². The molecular weight excluding hydrogens is 200 g/mol. The van der Waals surface area contributed by atoms with Gasteiger partial charge in [-0.3, -0.25) is 0 Å². The molecule has 1 N–H and O–H groups in total. The Hall–Kier alpha value is -1.06. The molecule has 1 atom stereocenters. The van der Waals surface area contributed by atoms with E-state index < -0.39 is 0 Å². The Bertz CT molecular complexity index is 302. The van der Waals surface area contributed by atoms with Crippen molar-refractivity contribution < 1.29 is 4.74 Å². The first kappa shape index (κ1) is 11.4. The number of benzene rings is 1. The van der Waals surface area contributed by atoms with E-state index in [0.29, 0.717) is 6.10 Å². The van der Waals surface area contributed by atoms with E-state index in [4.69, 9.17) is 4.74 Å². The molecule has 3 heteroatoms. The van der Waals surface area contributed by atoms with Gasteiger partial charge in [-0.1, -0.05) is 18.2 Å². The molecule has 1 saturated heterocycles. The lowest BCUT2D eigenvalue weighted by Gasteiger charge is -2.34. The summed E-state index contributed by atoms with van der Waals surface area (Å²) in [6.45, 7) is 3.86. The summed E-state index contributed by atoms with van der Waals surface area (Å²) in [7, 11) is 1.98.